The molecule has 1 aromatic heterocycles. The lowest BCUT2D eigenvalue weighted by Gasteiger charge is -2.15. The molecule has 0 aliphatic rings. The summed E-state index contributed by atoms with van der Waals surface area (Å²) in [6, 6.07) is 17.1. The van der Waals surface area contributed by atoms with Crippen LogP contribution in [0.5, 0.6) is 11.5 Å². The third-order valence-electron chi connectivity index (χ3n) is 5.05. The van der Waals surface area contributed by atoms with Gasteiger partial charge in [-0.25, -0.2) is 4.98 Å². The Morgan fingerprint density at radius 1 is 1.03 bits per heavy atom. The molecule has 32 heavy (non-hydrogen) atoms. The Kier molecular flexibility index (Phi) is 5.83. The maximum absolute atomic E-state index is 13.1. The first-order valence-corrected chi connectivity index (χ1v) is 10.1. The number of carbonyl (C=O) groups excluding carboxylic acids is 1. The van der Waals surface area contributed by atoms with Crippen molar-refractivity contribution < 1.29 is 14.3 Å². The summed E-state index contributed by atoms with van der Waals surface area (Å²) in [5, 5.41) is 3.62. The summed E-state index contributed by atoms with van der Waals surface area (Å²) in [7, 11) is 2.96. The van der Waals surface area contributed by atoms with Gasteiger partial charge in [0.25, 0.3) is 11.5 Å². The summed E-state index contributed by atoms with van der Waals surface area (Å²) in [5.41, 5.74) is 1.58. The van der Waals surface area contributed by atoms with Crippen molar-refractivity contribution in [3.05, 3.63) is 87.4 Å². The van der Waals surface area contributed by atoms with Crippen LogP contribution in [-0.2, 0) is 0 Å². The molecule has 0 atom stereocenters. The quantitative estimate of drug-likeness (QED) is 0.481. The Bertz CT molecular complexity index is 1400. The predicted molar refractivity (Wildman–Crippen MR) is 125 cm³/mol. The number of halogens is 1. The Hall–Kier alpha value is -3.84. The van der Waals surface area contributed by atoms with Crippen molar-refractivity contribution in [2.75, 3.05) is 19.5 Å². The Labute approximate surface area is 189 Å². The van der Waals surface area contributed by atoms with E-state index in [4.69, 9.17) is 21.1 Å². The molecule has 1 N–H and O–H groups in total. The van der Waals surface area contributed by atoms with Crippen molar-refractivity contribution in [2.24, 2.45) is 0 Å². The fourth-order valence-corrected chi connectivity index (χ4v) is 3.72. The summed E-state index contributed by atoms with van der Waals surface area (Å²) < 4.78 is 12.1. The van der Waals surface area contributed by atoms with Gasteiger partial charge in [0, 0.05) is 0 Å². The van der Waals surface area contributed by atoms with Crippen LogP contribution in [0.25, 0.3) is 16.6 Å². The van der Waals surface area contributed by atoms with Gasteiger partial charge in [-0.2, -0.15) is 0 Å². The minimum atomic E-state index is -0.430. The second-order valence-corrected chi connectivity index (χ2v) is 7.38. The van der Waals surface area contributed by atoms with E-state index in [2.05, 4.69) is 10.3 Å². The second-order valence-electron chi connectivity index (χ2n) is 6.98. The second kappa shape index (κ2) is 8.72. The van der Waals surface area contributed by atoms with Crippen LogP contribution in [0.4, 0.5) is 5.69 Å². The molecule has 1 heterocycles. The van der Waals surface area contributed by atoms with Crippen molar-refractivity contribution in [2.45, 2.75) is 6.92 Å². The van der Waals surface area contributed by atoms with E-state index < -0.39 is 5.91 Å². The van der Waals surface area contributed by atoms with E-state index in [1.807, 2.05) is 6.07 Å². The highest BCUT2D eigenvalue weighted by Crippen LogP contribution is 2.32. The van der Waals surface area contributed by atoms with E-state index in [0.29, 0.717) is 44.6 Å². The van der Waals surface area contributed by atoms with Gasteiger partial charge in [-0.3, -0.25) is 14.2 Å². The molecule has 0 saturated heterocycles. The van der Waals surface area contributed by atoms with Crippen LogP contribution in [0.3, 0.4) is 0 Å². The number of anilines is 1. The molecule has 7 nitrogen and oxygen atoms in total. The van der Waals surface area contributed by atoms with Gasteiger partial charge in [0.2, 0.25) is 0 Å². The van der Waals surface area contributed by atoms with Crippen LogP contribution in [0.1, 0.15) is 16.2 Å². The maximum atomic E-state index is 13.1. The van der Waals surface area contributed by atoms with Crippen molar-refractivity contribution in [3.63, 3.8) is 0 Å². The Balaban J connectivity index is 1.76. The molecule has 162 valence electrons. The summed E-state index contributed by atoms with van der Waals surface area (Å²) >= 11 is 6.35. The summed E-state index contributed by atoms with van der Waals surface area (Å²) in [6.45, 7) is 1.75. The number of ether oxygens (including phenoxy) is 2. The number of aryl methyl sites for hydroxylation is 1. The molecule has 1 amide bonds. The standard InChI is InChI=1S/C24H20ClN3O4/c1-14-26-19-9-5-4-7-16(19)24(30)28(14)15-11-12-18(25)20(13-15)27-23(29)17-8-6-10-21(31-2)22(17)32-3/h4-13H,1-3H3,(H,27,29). The number of aromatic nitrogens is 2. The van der Waals surface area contributed by atoms with E-state index in [9.17, 15) is 9.59 Å². The highest BCUT2D eigenvalue weighted by atomic mass is 35.5. The van der Waals surface area contributed by atoms with Gasteiger partial charge in [-0.05, 0) is 49.4 Å². The van der Waals surface area contributed by atoms with Crippen molar-refractivity contribution in [1.82, 2.24) is 9.55 Å². The lowest BCUT2D eigenvalue weighted by Crippen LogP contribution is -2.22. The average molecular weight is 450 g/mol. The van der Waals surface area contributed by atoms with Crippen LogP contribution in [0, 0.1) is 6.92 Å². The lowest BCUT2D eigenvalue weighted by atomic mass is 10.1. The highest BCUT2D eigenvalue weighted by Gasteiger charge is 2.18. The first-order chi connectivity index (χ1) is 15.4. The topological polar surface area (TPSA) is 82.5 Å². The molecule has 0 unspecified atom stereocenters. The fourth-order valence-electron chi connectivity index (χ4n) is 3.55. The molecule has 0 aliphatic heterocycles. The fraction of sp³-hybridized carbons (Fsp3) is 0.125. The zero-order valence-corrected chi connectivity index (χ0v) is 18.4. The van der Waals surface area contributed by atoms with Gasteiger partial charge in [0.1, 0.15) is 5.82 Å². The number of rotatable bonds is 5. The van der Waals surface area contributed by atoms with Gasteiger partial charge in [-0.15, -0.1) is 0 Å². The van der Waals surface area contributed by atoms with Crippen LogP contribution in [0.15, 0.2) is 65.5 Å². The van der Waals surface area contributed by atoms with Gasteiger partial charge < -0.3 is 14.8 Å². The molecule has 3 aromatic carbocycles. The first kappa shape index (κ1) is 21.4. The number of amides is 1. The number of benzene rings is 3. The highest BCUT2D eigenvalue weighted by molar-refractivity contribution is 6.34. The number of hydrogen-bond donors (Lipinski definition) is 1. The Morgan fingerprint density at radius 3 is 2.56 bits per heavy atom. The molecule has 0 fully saturated rings. The molecule has 0 aliphatic carbocycles. The molecular weight excluding hydrogens is 430 g/mol. The van der Waals surface area contributed by atoms with Gasteiger partial charge >= 0.3 is 0 Å². The van der Waals surface area contributed by atoms with E-state index in [-0.39, 0.29) is 11.1 Å². The monoisotopic (exact) mass is 449 g/mol. The van der Waals surface area contributed by atoms with E-state index in [1.165, 1.54) is 18.8 Å². The molecule has 0 spiro atoms. The van der Waals surface area contributed by atoms with Crippen LogP contribution in [0.2, 0.25) is 5.02 Å². The largest absolute Gasteiger partial charge is 0.493 e. The predicted octanol–water partition coefficient (Wildman–Crippen LogP) is 4.62. The molecule has 0 radical (unpaired) electrons. The van der Waals surface area contributed by atoms with Crippen LogP contribution < -0.4 is 20.3 Å². The molecule has 0 bridgehead atoms. The minimum Gasteiger partial charge on any atom is -0.493 e. The first-order valence-electron chi connectivity index (χ1n) is 9.75. The van der Waals surface area contributed by atoms with E-state index in [0.717, 1.165) is 0 Å². The number of nitrogens with one attached hydrogen (secondary N) is 1. The summed E-state index contributed by atoms with van der Waals surface area (Å²) in [4.78, 5) is 30.6. The molecule has 8 heteroatoms. The molecule has 4 rings (SSSR count). The smallest absolute Gasteiger partial charge is 0.265 e. The molecule has 4 aromatic rings. The Morgan fingerprint density at radius 2 is 1.81 bits per heavy atom. The summed E-state index contributed by atoms with van der Waals surface area (Å²) in [6.07, 6.45) is 0. The van der Waals surface area contributed by atoms with Gasteiger partial charge in [0.05, 0.1) is 47.1 Å². The van der Waals surface area contributed by atoms with Gasteiger partial charge in [0.15, 0.2) is 11.5 Å². The van der Waals surface area contributed by atoms with Crippen LogP contribution in [-0.4, -0.2) is 29.7 Å². The normalized spacial score (nSPS) is 10.8. The van der Waals surface area contributed by atoms with E-state index >= 15 is 0 Å². The minimum absolute atomic E-state index is 0.206. The van der Waals surface area contributed by atoms with E-state index in [1.54, 1.807) is 61.5 Å². The zero-order chi connectivity index (χ0) is 22.8. The third-order valence-corrected chi connectivity index (χ3v) is 5.38. The van der Waals surface area contributed by atoms with Crippen molar-refractivity contribution in [3.8, 4) is 17.2 Å². The zero-order valence-electron chi connectivity index (χ0n) is 17.7. The summed E-state index contributed by atoms with van der Waals surface area (Å²) in [5.74, 6) is 0.832. The maximum Gasteiger partial charge on any atom is 0.265 e. The number of methoxy groups -OCH3 is 2. The molecule has 0 saturated carbocycles. The number of para-hydroxylation sites is 2. The number of fused-ring (bicyclic) bond motifs is 1. The SMILES string of the molecule is COc1cccc(C(=O)Nc2cc(-n3c(C)nc4ccccc4c3=O)ccc2Cl)c1OC. The van der Waals surface area contributed by atoms with Crippen molar-refractivity contribution >= 4 is 34.1 Å². The van der Waals surface area contributed by atoms with Crippen LogP contribution >= 0.6 is 11.6 Å². The number of carbonyl (C=O) groups is 1. The number of nitrogens with zero attached hydrogens (tertiary/aromatic N) is 2. The molecular formula is C24H20ClN3O4. The number of hydrogen-bond acceptors (Lipinski definition) is 5. The van der Waals surface area contributed by atoms with Crippen molar-refractivity contribution in [1.29, 1.82) is 0 Å². The third kappa shape index (κ3) is 3.78. The average Bonchev–Trinajstić information content (AvgIpc) is 2.80. The van der Waals surface area contributed by atoms with Gasteiger partial charge in [-0.1, -0.05) is 29.8 Å². The lowest BCUT2D eigenvalue weighted by molar-refractivity contribution is 0.102.